The average Bonchev–Trinajstić information content (AvgIpc) is 2.66. The minimum atomic E-state index is -3.80. The fourth-order valence-electron chi connectivity index (χ4n) is 2.72. The van der Waals surface area contributed by atoms with E-state index in [0.29, 0.717) is 13.0 Å². The van der Waals surface area contributed by atoms with E-state index in [4.69, 9.17) is 9.47 Å². The standard InChI is InChI=1S/C20H26N2O5S/c1-14(2)22-28(24,25)19-13-16(9-10-18(19)27-4)20(23)21-12-11-15-7-5-6-8-17(15)26-3/h5-10,13-14,22H,11-12H2,1-4H3,(H,21,23). The average molecular weight is 407 g/mol. The van der Waals surface area contributed by atoms with Gasteiger partial charge < -0.3 is 14.8 Å². The predicted molar refractivity (Wildman–Crippen MR) is 107 cm³/mol. The highest BCUT2D eigenvalue weighted by atomic mass is 32.2. The number of carbonyl (C=O) groups excluding carboxylic acids is 1. The summed E-state index contributed by atoms with van der Waals surface area (Å²) >= 11 is 0. The second-order valence-electron chi connectivity index (χ2n) is 6.46. The number of ether oxygens (including phenoxy) is 2. The Bertz CT molecular complexity index is 926. The van der Waals surface area contributed by atoms with Gasteiger partial charge in [-0.3, -0.25) is 4.79 Å². The molecule has 0 aromatic heterocycles. The van der Waals surface area contributed by atoms with Crippen LogP contribution in [0.4, 0.5) is 0 Å². The van der Waals surface area contributed by atoms with Crippen LogP contribution in [0.1, 0.15) is 29.8 Å². The largest absolute Gasteiger partial charge is 0.496 e. The molecule has 8 heteroatoms. The molecule has 0 aliphatic heterocycles. The summed E-state index contributed by atoms with van der Waals surface area (Å²) in [4.78, 5) is 12.4. The van der Waals surface area contributed by atoms with E-state index in [9.17, 15) is 13.2 Å². The van der Waals surface area contributed by atoms with Crippen molar-refractivity contribution in [1.82, 2.24) is 10.0 Å². The zero-order valence-electron chi connectivity index (χ0n) is 16.5. The van der Waals surface area contributed by atoms with Gasteiger partial charge in [0.15, 0.2) is 0 Å². The lowest BCUT2D eigenvalue weighted by molar-refractivity contribution is 0.0953. The first-order chi connectivity index (χ1) is 13.3. The first kappa shape index (κ1) is 21.7. The molecule has 0 heterocycles. The van der Waals surface area contributed by atoms with Crippen LogP contribution in [-0.4, -0.2) is 41.1 Å². The summed E-state index contributed by atoms with van der Waals surface area (Å²) in [5, 5.41) is 2.81. The van der Waals surface area contributed by atoms with Gasteiger partial charge in [0.25, 0.3) is 5.91 Å². The Hall–Kier alpha value is -2.58. The third kappa shape index (κ3) is 5.46. The van der Waals surface area contributed by atoms with Crippen LogP contribution in [0.25, 0.3) is 0 Å². The normalized spacial score (nSPS) is 11.3. The van der Waals surface area contributed by atoms with Crippen molar-refractivity contribution >= 4 is 15.9 Å². The van der Waals surface area contributed by atoms with Crippen molar-refractivity contribution in [2.75, 3.05) is 20.8 Å². The minimum absolute atomic E-state index is 0.0684. The lowest BCUT2D eigenvalue weighted by Gasteiger charge is -2.14. The van der Waals surface area contributed by atoms with E-state index in [-0.39, 0.29) is 28.2 Å². The molecule has 28 heavy (non-hydrogen) atoms. The Labute approximate surface area is 166 Å². The van der Waals surface area contributed by atoms with Crippen molar-refractivity contribution in [2.45, 2.75) is 31.2 Å². The summed E-state index contributed by atoms with van der Waals surface area (Å²) in [7, 11) is -0.818. The van der Waals surface area contributed by atoms with E-state index < -0.39 is 10.0 Å². The number of carbonyl (C=O) groups is 1. The third-order valence-corrected chi connectivity index (χ3v) is 5.66. The summed E-state index contributed by atoms with van der Waals surface area (Å²) in [5.74, 6) is 0.576. The summed E-state index contributed by atoms with van der Waals surface area (Å²) in [6, 6.07) is 11.6. The summed E-state index contributed by atoms with van der Waals surface area (Å²) in [6.45, 7) is 3.83. The van der Waals surface area contributed by atoms with Gasteiger partial charge >= 0.3 is 0 Å². The summed E-state index contributed by atoms with van der Waals surface area (Å²) in [6.07, 6.45) is 0.589. The van der Waals surface area contributed by atoms with E-state index >= 15 is 0 Å². The molecule has 152 valence electrons. The van der Waals surface area contributed by atoms with E-state index in [1.807, 2.05) is 24.3 Å². The molecule has 2 aromatic carbocycles. The maximum atomic E-state index is 12.5. The van der Waals surface area contributed by atoms with Crippen molar-refractivity contribution < 1.29 is 22.7 Å². The highest BCUT2D eigenvalue weighted by molar-refractivity contribution is 7.89. The van der Waals surface area contributed by atoms with Gasteiger partial charge in [0.05, 0.1) is 14.2 Å². The highest BCUT2D eigenvalue weighted by Crippen LogP contribution is 2.25. The molecular weight excluding hydrogens is 380 g/mol. The van der Waals surface area contributed by atoms with Crippen LogP contribution < -0.4 is 19.5 Å². The molecule has 0 saturated heterocycles. The molecule has 7 nitrogen and oxygen atoms in total. The number of hydrogen-bond donors (Lipinski definition) is 2. The zero-order valence-corrected chi connectivity index (χ0v) is 17.3. The van der Waals surface area contributed by atoms with Crippen molar-refractivity contribution in [1.29, 1.82) is 0 Å². The lowest BCUT2D eigenvalue weighted by atomic mass is 10.1. The molecular formula is C20H26N2O5S. The number of nitrogens with one attached hydrogen (secondary N) is 2. The second-order valence-corrected chi connectivity index (χ2v) is 8.14. The molecule has 0 bridgehead atoms. The SMILES string of the molecule is COc1ccccc1CCNC(=O)c1ccc(OC)c(S(=O)(=O)NC(C)C)c1. The molecule has 1 amide bonds. The van der Waals surface area contributed by atoms with E-state index in [2.05, 4.69) is 10.0 Å². The number of methoxy groups -OCH3 is 2. The van der Waals surface area contributed by atoms with Crippen molar-refractivity contribution in [3.63, 3.8) is 0 Å². The van der Waals surface area contributed by atoms with Crippen LogP contribution in [0.2, 0.25) is 0 Å². The van der Waals surface area contributed by atoms with Gasteiger partial charge in [0.1, 0.15) is 16.4 Å². The third-order valence-electron chi connectivity index (χ3n) is 3.98. The molecule has 0 aliphatic rings. The molecule has 2 aromatic rings. The number of benzene rings is 2. The fraction of sp³-hybridized carbons (Fsp3) is 0.350. The zero-order chi connectivity index (χ0) is 20.7. The first-order valence-corrected chi connectivity index (χ1v) is 10.4. The fourth-order valence-corrected chi connectivity index (χ4v) is 4.17. The molecule has 0 atom stereocenters. The van der Waals surface area contributed by atoms with Gasteiger partial charge in [0, 0.05) is 18.2 Å². The van der Waals surface area contributed by atoms with Crippen LogP contribution in [0.15, 0.2) is 47.4 Å². The van der Waals surface area contributed by atoms with Crippen LogP contribution in [0, 0.1) is 0 Å². The monoisotopic (exact) mass is 406 g/mol. The Balaban J connectivity index is 2.14. The van der Waals surface area contributed by atoms with Gasteiger partial charge in [-0.2, -0.15) is 0 Å². The maximum Gasteiger partial charge on any atom is 0.251 e. The van der Waals surface area contributed by atoms with Crippen LogP contribution in [-0.2, 0) is 16.4 Å². The Morgan fingerprint density at radius 2 is 1.71 bits per heavy atom. The Kier molecular flexibility index (Phi) is 7.42. The second kappa shape index (κ2) is 9.57. The smallest absolute Gasteiger partial charge is 0.251 e. The van der Waals surface area contributed by atoms with Gasteiger partial charge in [-0.05, 0) is 50.1 Å². The molecule has 0 saturated carbocycles. The number of sulfonamides is 1. The first-order valence-electron chi connectivity index (χ1n) is 8.89. The maximum absolute atomic E-state index is 12.5. The molecule has 0 spiro atoms. The Morgan fingerprint density at radius 1 is 1.04 bits per heavy atom. The molecule has 0 unspecified atom stereocenters. The van der Waals surface area contributed by atoms with Crippen LogP contribution >= 0.6 is 0 Å². The van der Waals surface area contributed by atoms with Crippen LogP contribution in [0.5, 0.6) is 11.5 Å². The minimum Gasteiger partial charge on any atom is -0.496 e. The van der Waals surface area contributed by atoms with E-state index in [1.54, 1.807) is 21.0 Å². The van der Waals surface area contributed by atoms with Gasteiger partial charge in [-0.15, -0.1) is 0 Å². The highest BCUT2D eigenvalue weighted by Gasteiger charge is 2.22. The molecule has 2 rings (SSSR count). The predicted octanol–water partition coefficient (Wildman–Crippen LogP) is 2.36. The number of para-hydroxylation sites is 1. The summed E-state index contributed by atoms with van der Waals surface area (Å²) < 4.78 is 38.0. The molecule has 0 radical (unpaired) electrons. The quantitative estimate of drug-likeness (QED) is 0.667. The lowest BCUT2D eigenvalue weighted by Crippen LogP contribution is -2.31. The number of amides is 1. The number of hydrogen-bond acceptors (Lipinski definition) is 5. The topological polar surface area (TPSA) is 93.7 Å². The Morgan fingerprint density at radius 3 is 2.36 bits per heavy atom. The molecule has 0 aliphatic carbocycles. The number of rotatable bonds is 9. The molecule has 0 fully saturated rings. The van der Waals surface area contributed by atoms with Gasteiger partial charge in [-0.25, -0.2) is 13.1 Å². The van der Waals surface area contributed by atoms with Crippen LogP contribution in [0.3, 0.4) is 0 Å². The van der Waals surface area contributed by atoms with Crippen molar-refractivity contribution in [2.24, 2.45) is 0 Å². The molecule has 2 N–H and O–H groups in total. The van der Waals surface area contributed by atoms with Crippen molar-refractivity contribution in [3.8, 4) is 11.5 Å². The van der Waals surface area contributed by atoms with E-state index in [1.165, 1.54) is 25.3 Å². The van der Waals surface area contributed by atoms with Gasteiger partial charge in [-0.1, -0.05) is 18.2 Å². The van der Waals surface area contributed by atoms with Gasteiger partial charge in [0.2, 0.25) is 10.0 Å². The summed E-state index contributed by atoms with van der Waals surface area (Å²) in [5.41, 5.74) is 1.22. The van der Waals surface area contributed by atoms with Crippen molar-refractivity contribution in [3.05, 3.63) is 53.6 Å². The van der Waals surface area contributed by atoms with E-state index in [0.717, 1.165) is 11.3 Å².